The van der Waals surface area contributed by atoms with E-state index in [9.17, 15) is 0 Å². The predicted octanol–water partition coefficient (Wildman–Crippen LogP) is 3.25. The molecular weight excluding hydrogens is 216 g/mol. The van der Waals surface area contributed by atoms with Gasteiger partial charge in [-0.3, -0.25) is 0 Å². The second kappa shape index (κ2) is 3.49. The van der Waals surface area contributed by atoms with Crippen molar-refractivity contribution in [2.75, 3.05) is 5.73 Å². The topological polar surface area (TPSA) is 49.8 Å². The van der Waals surface area contributed by atoms with Crippen LogP contribution < -0.4 is 5.73 Å². The normalized spacial score (nSPS) is 21.9. The largest absolute Gasteiger partial charge is 0.389 e. The fourth-order valence-corrected chi connectivity index (χ4v) is 4.68. The Balaban J connectivity index is 1.99. The van der Waals surface area contributed by atoms with Crippen molar-refractivity contribution in [2.45, 2.75) is 44.9 Å². The molecule has 1 aromatic rings. The molecule has 1 saturated carbocycles. The summed E-state index contributed by atoms with van der Waals surface area (Å²) in [5, 5.41) is 9.84. The number of hydrogen-bond donors (Lipinski definition) is 1. The lowest BCUT2D eigenvalue weighted by molar-refractivity contribution is 0.258. The predicted molar refractivity (Wildman–Crippen MR) is 66.4 cm³/mol. The molecule has 0 bridgehead atoms. The maximum Gasteiger partial charge on any atom is 0.104 e. The summed E-state index contributed by atoms with van der Waals surface area (Å²) in [6.45, 7) is 0. The first-order chi connectivity index (χ1) is 7.74. The van der Waals surface area contributed by atoms with Crippen molar-refractivity contribution in [3.8, 4) is 6.07 Å². The molecule has 0 radical (unpaired) electrons. The van der Waals surface area contributed by atoms with E-state index in [2.05, 4.69) is 6.07 Å². The third kappa shape index (κ3) is 1.36. The van der Waals surface area contributed by atoms with Crippen LogP contribution in [0.15, 0.2) is 0 Å². The van der Waals surface area contributed by atoms with Crippen molar-refractivity contribution in [1.82, 2.24) is 0 Å². The van der Waals surface area contributed by atoms with Crippen molar-refractivity contribution < 1.29 is 0 Å². The van der Waals surface area contributed by atoms with Gasteiger partial charge >= 0.3 is 0 Å². The summed E-state index contributed by atoms with van der Waals surface area (Å²) in [6.07, 6.45) is 9.07. The zero-order chi connectivity index (χ0) is 11.2. The summed E-state index contributed by atoms with van der Waals surface area (Å²) in [6, 6.07) is 2.27. The highest BCUT2D eigenvalue weighted by Gasteiger charge is 2.38. The van der Waals surface area contributed by atoms with Gasteiger partial charge in [-0.15, -0.1) is 11.3 Å². The van der Waals surface area contributed by atoms with Gasteiger partial charge in [-0.25, -0.2) is 0 Å². The van der Waals surface area contributed by atoms with Gasteiger partial charge in [-0.05, 0) is 43.1 Å². The van der Waals surface area contributed by atoms with Crippen molar-refractivity contribution in [3.05, 3.63) is 16.0 Å². The maximum absolute atomic E-state index is 9.10. The van der Waals surface area contributed by atoms with Gasteiger partial charge < -0.3 is 5.73 Å². The van der Waals surface area contributed by atoms with E-state index in [1.54, 1.807) is 11.3 Å². The third-order valence-electron chi connectivity index (χ3n) is 4.33. The standard InChI is InChI=1S/C13H16N2S/c14-8-10-9-3-6-13(4-1-2-5-13)7-11(9)16-12(10)15/h1-7,15H2. The zero-order valence-corrected chi connectivity index (χ0v) is 10.2. The monoisotopic (exact) mass is 232 g/mol. The number of hydrogen-bond acceptors (Lipinski definition) is 3. The van der Waals surface area contributed by atoms with Gasteiger partial charge in [-0.2, -0.15) is 5.26 Å². The third-order valence-corrected chi connectivity index (χ3v) is 5.40. The Morgan fingerprint density at radius 2 is 2.00 bits per heavy atom. The lowest BCUT2D eigenvalue weighted by Crippen LogP contribution is -2.24. The summed E-state index contributed by atoms with van der Waals surface area (Å²) in [4.78, 5) is 1.40. The Hall–Kier alpha value is -1.01. The van der Waals surface area contributed by atoms with E-state index in [1.807, 2.05) is 0 Å². The quantitative estimate of drug-likeness (QED) is 0.746. The average molecular weight is 232 g/mol. The maximum atomic E-state index is 9.10. The van der Waals surface area contributed by atoms with E-state index in [0.717, 1.165) is 17.0 Å². The number of thiophene rings is 1. The number of rotatable bonds is 0. The van der Waals surface area contributed by atoms with Gasteiger partial charge in [0, 0.05) is 4.88 Å². The number of anilines is 1. The van der Waals surface area contributed by atoms with Crippen LogP contribution in [0.3, 0.4) is 0 Å². The summed E-state index contributed by atoms with van der Waals surface area (Å²) in [5.74, 6) is 0. The number of nitriles is 1. The van der Waals surface area contributed by atoms with Gasteiger partial charge in [0.2, 0.25) is 0 Å². The number of nitrogens with zero attached hydrogens (tertiary/aromatic N) is 1. The van der Waals surface area contributed by atoms with Crippen molar-refractivity contribution in [3.63, 3.8) is 0 Å². The highest BCUT2D eigenvalue weighted by Crippen LogP contribution is 2.50. The highest BCUT2D eigenvalue weighted by molar-refractivity contribution is 7.16. The minimum absolute atomic E-state index is 0.566. The van der Waals surface area contributed by atoms with E-state index in [4.69, 9.17) is 11.0 Å². The molecule has 2 aliphatic carbocycles. The summed E-state index contributed by atoms with van der Waals surface area (Å²) in [5.41, 5.74) is 8.52. The van der Waals surface area contributed by atoms with Crippen LogP contribution in [-0.2, 0) is 12.8 Å². The molecular formula is C13H16N2S. The van der Waals surface area contributed by atoms with E-state index < -0.39 is 0 Å². The molecule has 0 aliphatic heterocycles. The molecule has 2 aliphatic rings. The SMILES string of the molecule is N#Cc1c(N)sc2c1CCC1(CCCC1)C2. The van der Waals surface area contributed by atoms with Crippen LogP contribution in [0.25, 0.3) is 0 Å². The molecule has 1 spiro atoms. The van der Waals surface area contributed by atoms with E-state index in [1.165, 1.54) is 49.0 Å². The second-order valence-corrected chi connectivity index (χ2v) is 6.38. The molecule has 0 unspecified atom stereocenters. The fraction of sp³-hybridized carbons (Fsp3) is 0.615. The molecule has 2 nitrogen and oxygen atoms in total. The summed E-state index contributed by atoms with van der Waals surface area (Å²) < 4.78 is 0. The fourth-order valence-electron chi connectivity index (χ4n) is 3.43. The van der Waals surface area contributed by atoms with Gasteiger partial charge in [0.1, 0.15) is 11.1 Å². The van der Waals surface area contributed by atoms with Crippen molar-refractivity contribution in [1.29, 1.82) is 5.26 Å². The molecule has 2 N–H and O–H groups in total. The van der Waals surface area contributed by atoms with Gasteiger partial charge in [0.05, 0.1) is 5.56 Å². The number of nitrogen functional groups attached to an aromatic ring is 1. The Bertz CT molecular complexity index is 461. The molecule has 84 valence electrons. The molecule has 1 aromatic heterocycles. The summed E-state index contributed by atoms with van der Waals surface area (Å²) in [7, 11) is 0. The van der Waals surface area contributed by atoms with Crippen molar-refractivity contribution >= 4 is 16.3 Å². The zero-order valence-electron chi connectivity index (χ0n) is 9.38. The van der Waals surface area contributed by atoms with Gasteiger partial charge in [0.25, 0.3) is 0 Å². The molecule has 0 saturated heterocycles. The highest BCUT2D eigenvalue weighted by atomic mass is 32.1. The smallest absolute Gasteiger partial charge is 0.104 e. The van der Waals surface area contributed by atoms with Gasteiger partial charge in [0.15, 0.2) is 0 Å². The van der Waals surface area contributed by atoms with E-state index in [0.29, 0.717) is 5.41 Å². The molecule has 16 heavy (non-hydrogen) atoms. The molecule has 0 atom stereocenters. The Kier molecular flexibility index (Phi) is 2.22. The lowest BCUT2D eigenvalue weighted by atomic mass is 9.72. The van der Waals surface area contributed by atoms with Crippen LogP contribution in [-0.4, -0.2) is 0 Å². The Morgan fingerprint density at radius 3 is 2.69 bits per heavy atom. The molecule has 3 heteroatoms. The van der Waals surface area contributed by atoms with Crippen molar-refractivity contribution in [2.24, 2.45) is 5.41 Å². The van der Waals surface area contributed by atoms with Crippen LogP contribution in [0, 0.1) is 16.7 Å². The van der Waals surface area contributed by atoms with Gasteiger partial charge in [-0.1, -0.05) is 12.8 Å². The van der Waals surface area contributed by atoms with Crippen LogP contribution in [0.4, 0.5) is 5.00 Å². The number of fused-ring (bicyclic) bond motifs is 1. The average Bonchev–Trinajstić information content (AvgIpc) is 2.82. The molecule has 0 amide bonds. The minimum atomic E-state index is 0.566. The Labute approximate surface area is 100 Å². The van der Waals surface area contributed by atoms with E-state index in [-0.39, 0.29) is 0 Å². The number of nitrogens with two attached hydrogens (primary N) is 1. The van der Waals surface area contributed by atoms with Crippen LogP contribution >= 0.6 is 11.3 Å². The van der Waals surface area contributed by atoms with Crippen LogP contribution in [0.5, 0.6) is 0 Å². The van der Waals surface area contributed by atoms with Crippen LogP contribution in [0.2, 0.25) is 0 Å². The summed E-state index contributed by atoms with van der Waals surface area (Å²) >= 11 is 1.66. The molecule has 0 aromatic carbocycles. The molecule has 1 fully saturated rings. The molecule has 1 heterocycles. The molecule has 3 rings (SSSR count). The van der Waals surface area contributed by atoms with E-state index >= 15 is 0 Å². The Morgan fingerprint density at radius 1 is 1.25 bits per heavy atom. The minimum Gasteiger partial charge on any atom is -0.389 e. The first kappa shape index (κ1) is 10.2. The van der Waals surface area contributed by atoms with Crippen LogP contribution in [0.1, 0.15) is 48.1 Å². The second-order valence-electron chi connectivity index (χ2n) is 5.24. The first-order valence-corrected chi connectivity index (χ1v) is 6.86. The first-order valence-electron chi connectivity index (χ1n) is 6.04. The lowest BCUT2D eigenvalue weighted by Gasteiger charge is -2.33.